The van der Waals surface area contributed by atoms with E-state index in [0.29, 0.717) is 0 Å². The van der Waals surface area contributed by atoms with Gasteiger partial charge in [0.1, 0.15) is 110 Å². The first-order chi connectivity index (χ1) is 38.2. The first-order valence-corrected chi connectivity index (χ1v) is 25.1. The number of aliphatic carboxylic acids is 4. The largest absolute Gasteiger partial charge is 0.479 e. The van der Waals surface area contributed by atoms with Gasteiger partial charge in [-0.3, -0.25) is 0 Å². The van der Waals surface area contributed by atoms with Gasteiger partial charge < -0.3 is 177 Å². The first-order valence-electron chi connectivity index (χ1n) is 25.1. The Morgan fingerprint density at radius 3 is 1.57 bits per heavy atom. The number of aliphatic hydroxyl groups excluding tert-OH is 17. The topological polar surface area (TPSA) is 673 Å². The molecule has 0 aliphatic carbocycles. The highest BCUT2D eigenvalue weighted by Gasteiger charge is 2.63. The van der Waals surface area contributed by atoms with E-state index in [1.165, 1.54) is 0 Å². The van der Waals surface area contributed by atoms with Gasteiger partial charge in [-0.1, -0.05) is 0 Å². The third-order valence-electron chi connectivity index (χ3n) is 14.8. The van der Waals surface area contributed by atoms with Crippen molar-refractivity contribution in [2.24, 2.45) is 17.2 Å². The number of aliphatic hydroxyl groups is 17. The van der Waals surface area contributed by atoms with E-state index in [1.54, 1.807) is 0 Å². The Kier molecular flexibility index (Phi) is 22.4. The molecular weight excluding hydrogens is 1130 g/mol. The zero-order valence-electron chi connectivity index (χ0n) is 42.6. The van der Waals surface area contributed by atoms with Gasteiger partial charge in [-0.05, 0) is 0 Å². The smallest absolute Gasteiger partial charge is 0.364 e. The molecule has 39 heteroatoms. The molecule has 0 bridgehead atoms. The van der Waals surface area contributed by atoms with E-state index < -0.39 is 265 Å². The molecule has 0 saturated carbocycles. The number of hydrogen-bond acceptors (Lipinski definition) is 35. The van der Waals surface area contributed by atoms with Crippen LogP contribution in [0.5, 0.6) is 0 Å². The Balaban J connectivity index is 1.26. The average molecular weight is 1210 g/mol. The molecule has 0 aromatic heterocycles. The molecule has 0 aromatic rings. The highest BCUT2D eigenvalue weighted by Crippen LogP contribution is 2.42. The molecule has 6 aliphatic heterocycles. The van der Waals surface area contributed by atoms with E-state index in [0.717, 1.165) is 0 Å². The minimum Gasteiger partial charge on any atom is -0.479 e. The highest BCUT2D eigenvalue weighted by molar-refractivity contribution is 5.77. The van der Waals surface area contributed by atoms with Crippen molar-refractivity contribution in [1.82, 2.24) is 0 Å². The maximum atomic E-state index is 13.5. The minimum atomic E-state index is -3.42. The summed E-state index contributed by atoms with van der Waals surface area (Å²) in [5, 5.41) is 221. The van der Waals surface area contributed by atoms with Crippen molar-refractivity contribution in [3.8, 4) is 0 Å². The SMILES string of the molecule is N[C@H]1[C@H](OC[C@H]2O[C@@H](O[C@H]3O[C@H](C(=O)O)[C@H](O)[C@H](O)[C@H]3O)[C@H](N)[C@@H](O)[C@@H]2O)O[C@H](CO[C@]2(C(=O)O)C[C@@H](O[C@]3(C(=O)O)C[C@@H](O)[C@@H](O)[C@@H]([C@H](O)CO)O3)[C@@H](O)[C@@H]([C@H](O)CO[C@]3(C(=O)O)C[C@H](O)[C@@H](N)[C@H]([C@H](O)[C@H](O)CO)O3)O2)[C@@H](O)[C@@H]1O. The molecule has 6 aliphatic rings. The second kappa shape index (κ2) is 27.1. The zero-order valence-corrected chi connectivity index (χ0v) is 42.6. The second-order valence-electron chi connectivity index (χ2n) is 20.5. The summed E-state index contributed by atoms with van der Waals surface area (Å²) in [4.78, 5) is 50.9. The predicted molar refractivity (Wildman–Crippen MR) is 245 cm³/mol. The van der Waals surface area contributed by atoms with Gasteiger partial charge in [0.15, 0.2) is 25.0 Å². The summed E-state index contributed by atoms with van der Waals surface area (Å²) in [7, 11) is 0. The van der Waals surface area contributed by atoms with Crippen molar-refractivity contribution in [3.05, 3.63) is 0 Å². The van der Waals surface area contributed by atoms with Crippen LogP contribution >= 0.6 is 0 Å². The Hall–Kier alpha value is -3.36. The standard InChI is InChI=1S/C43H71N3O36/c44-17-9(49)1-41(38(66)67,82-32(17)21(55)11(51)4-47)73-6-13(53)31-24(58)14(79-43(40(70)71)2-10(50)20(54)30(81-43)12(52)5-48)3-42(80-31,39(68)69)74-8-16-23(57)25(59)18(45)35(75-16)72-7-15-22(56)26(60)19(46)36(76-15)78-37-29(63)27(61)28(62)33(77-37)34(64)65/h9-33,35-37,47-63H,1-8,44-46H2,(H,64,65)(H,66,67)(H,68,69)(H,70,71)/t9-,10+,11+,12+,13+,14+,15+,16+,17+,18+,19+,20+,21+,22+,23+,24+,25+,26+,27-,28+,29+,30+,31+,32+,33-,35+,36-,37+,41+,42+,43+/m0/s1. The van der Waals surface area contributed by atoms with Gasteiger partial charge in [-0.2, -0.15) is 0 Å². The molecule has 39 nitrogen and oxygen atoms in total. The Morgan fingerprint density at radius 1 is 0.500 bits per heavy atom. The number of carboxylic acids is 4. The first kappa shape index (κ1) is 67.8. The van der Waals surface area contributed by atoms with Crippen LogP contribution < -0.4 is 17.2 Å². The van der Waals surface area contributed by atoms with Crippen molar-refractivity contribution in [2.75, 3.05) is 33.0 Å². The number of carbonyl (C=O) groups is 4. The molecule has 0 unspecified atom stereocenters. The summed E-state index contributed by atoms with van der Waals surface area (Å²) >= 11 is 0. The van der Waals surface area contributed by atoms with Crippen LogP contribution in [0.2, 0.25) is 0 Å². The van der Waals surface area contributed by atoms with Crippen LogP contribution in [-0.4, -0.2) is 353 Å². The van der Waals surface area contributed by atoms with Crippen LogP contribution in [0.25, 0.3) is 0 Å². The Bertz CT molecular complexity index is 2160. The van der Waals surface area contributed by atoms with E-state index in [-0.39, 0.29) is 0 Å². The van der Waals surface area contributed by atoms with E-state index in [1.807, 2.05) is 0 Å². The lowest BCUT2D eigenvalue weighted by atomic mass is 9.89. The van der Waals surface area contributed by atoms with Gasteiger partial charge in [0, 0.05) is 19.3 Å². The summed E-state index contributed by atoms with van der Waals surface area (Å²) in [6.07, 6.45) is -57.3. The quantitative estimate of drug-likeness (QED) is 0.0452. The summed E-state index contributed by atoms with van der Waals surface area (Å²) in [6, 6.07) is -5.12. The summed E-state index contributed by atoms with van der Waals surface area (Å²) in [5.41, 5.74) is 17.9. The van der Waals surface area contributed by atoms with Crippen LogP contribution in [0.1, 0.15) is 19.3 Å². The van der Waals surface area contributed by atoms with Crippen molar-refractivity contribution < 1.29 is 179 Å². The molecule has 6 fully saturated rings. The summed E-state index contributed by atoms with van der Waals surface area (Å²) < 4.78 is 60.7. The highest BCUT2D eigenvalue weighted by atomic mass is 16.8. The molecule has 0 aromatic carbocycles. The number of ether oxygens (including phenoxy) is 11. The fourth-order valence-electron chi connectivity index (χ4n) is 9.88. The molecule has 0 spiro atoms. The molecule has 27 N–H and O–H groups in total. The Labute approximate surface area is 460 Å². The summed E-state index contributed by atoms with van der Waals surface area (Å²) in [6.45, 7) is -6.02. The van der Waals surface area contributed by atoms with E-state index in [2.05, 4.69) is 0 Å². The molecule has 6 saturated heterocycles. The van der Waals surface area contributed by atoms with Gasteiger partial charge in [0.05, 0.1) is 69.5 Å². The van der Waals surface area contributed by atoms with Crippen LogP contribution in [0.4, 0.5) is 0 Å². The van der Waals surface area contributed by atoms with E-state index in [9.17, 15) is 126 Å². The Morgan fingerprint density at radius 2 is 1.01 bits per heavy atom. The fraction of sp³-hybridized carbons (Fsp3) is 0.907. The molecular formula is C43H71N3O36. The second-order valence-corrected chi connectivity index (χ2v) is 20.5. The predicted octanol–water partition coefficient (Wildman–Crippen LogP) is -15.2. The maximum Gasteiger partial charge on any atom is 0.364 e. The molecule has 0 amide bonds. The lowest BCUT2D eigenvalue weighted by molar-refractivity contribution is -0.380. The molecule has 82 heavy (non-hydrogen) atoms. The lowest BCUT2D eigenvalue weighted by Crippen LogP contribution is -2.69. The van der Waals surface area contributed by atoms with Gasteiger partial charge in [0.2, 0.25) is 0 Å². The molecule has 474 valence electrons. The lowest BCUT2D eigenvalue weighted by Gasteiger charge is -2.50. The number of hydrogen-bond donors (Lipinski definition) is 24. The number of carboxylic acid groups (broad SMARTS) is 4. The molecule has 6 rings (SSSR count). The normalized spacial score (nSPS) is 47.2. The van der Waals surface area contributed by atoms with Gasteiger partial charge in [-0.15, -0.1) is 0 Å². The maximum absolute atomic E-state index is 13.5. The number of nitrogens with two attached hydrogens (primary N) is 3. The number of rotatable bonds is 23. The third-order valence-corrected chi connectivity index (χ3v) is 14.8. The third kappa shape index (κ3) is 13.7. The zero-order chi connectivity index (χ0) is 61.4. The minimum absolute atomic E-state index is 0.922. The van der Waals surface area contributed by atoms with Crippen LogP contribution in [0, 0.1) is 0 Å². The summed E-state index contributed by atoms with van der Waals surface area (Å²) in [5.74, 6) is -18.2. The van der Waals surface area contributed by atoms with Crippen LogP contribution in [-0.2, 0) is 71.3 Å². The monoisotopic (exact) mass is 1210 g/mol. The van der Waals surface area contributed by atoms with Gasteiger partial charge in [0.25, 0.3) is 17.4 Å². The van der Waals surface area contributed by atoms with Crippen LogP contribution in [0.3, 0.4) is 0 Å². The van der Waals surface area contributed by atoms with E-state index in [4.69, 9.17) is 69.3 Å². The average Bonchev–Trinajstić information content (AvgIpc) is 3.43. The van der Waals surface area contributed by atoms with Crippen LogP contribution in [0.15, 0.2) is 0 Å². The van der Waals surface area contributed by atoms with Crippen molar-refractivity contribution in [2.45, 2.75) is 208 Å². The molecule has 6 heterocycles. The van der Waals surface area contributed by atoms with Crippen molar-refractivity contribution >= 4 is 23.9 Å². The van der Waals surface area contributed by atoms with Crippen molar-refractivity contribution in [1.29, 1.82) is 0 Å². The molecule has 31 atom stereocenters. The van der Waals surface area contributed by atoms with Gasteiger partial charge in [-0.25, -0.2) is 19.2 Å². The van der Waals surface area contributed by atoms with E-state index >= 15 is 0 Å². The molecule has 0 radical (unpaired) electrons. The van der Waals surface area contributed by atoms with Gasteiger partial charge >= 0.3 is 23.9 Å². The fourth-order valence-corrected chi connectivity index (χ4v) is 9.88. The van der Waals surface area contributed by atoms with Crippen molar-refractivity contribution in [3.63, 3.8) is 0 Å².